The Morgan fingerprint density at radius 1 is 1.38 bits per heavy atom. The molecule has 0 atom stereocenters. The topological polar surface area (TPSA) is 92.6 Å². The van der Waals surface area contributed by atoms with Crippen molar-refractivity contribution >= 4 is 29.1 Å². The molecule has 0 aliphatic carbocycles. The number of carbonyl (C=O) groups is 2. The molecule has 8 heteroatoms. The molecule has 114 valence electrons. The Bertz CT molecular complexity index is 562. The summed E-state index contributed by atoms with van der Waals surface area (Å²) >= 11 is 5.78. The molecule has 0 unspecified atom stereocenters. The van der Waals surface area contributed by atoms with Crippen LogP contribution >= 0.6 is 11.6 Å². The van der Waals surface area contributed by atoms with Crippen LogP contribution in [0.1, 0.15) is 24.2 Å². The number of nitro groups is 1. The third-order valence-corrected chi connectivity index (χ3v) is 3.07. The summed E-state index contributed by atoms with van der Waals surface area (Å²) < 4.78 is 0. The standard InChI is InChI=1S/C13H16ClN3O4/c1-3-15-12(18)8-16(4-2)13(19)9-5-6-11(17(20)21)10(14)7-9/h5-7H,3-4,8H2,1-2H3,(H,15,18). The molecule has 0 fully saturated rings. The van der Waals surface area contributed by atoms with Gasteiger partial charge in [0.05, 0.1) is 11.5 Å². The predicted octanol–water partition coefficient (Wildman–Crippen LogP) is 1.85. The summed E-state index contributed by atoms with van der Waals surface area (Å²) in [5, 5.41) is 13.2. The number of nitrogens with one attached hydrogen (secondary N) is 1. The van der Waals surface area contributed by atoms with E-state index in [0.717, 1.165) is 0 Å². The van der Waals surface area contributed by atoms with Gasteiger partial charge in [0.15, 0.2) is 0 Å². The van der Waals surface area contributed by atoms with Crippen molar-refractivity contribution in [2.75, 3.05) is 19.6 Å². The van der Waals surface area contributed by atoms with Gasteiger partial charge in [-0.3, -0.25) is 19.7 Å². The maximum absolute atomic E-state index is 12.3. The molecule has 1 N–H and O–H groups in total. The molecule has 0 aliphatic rings. The molecule has 0 aromatic heterocycles. The van der Waals surface area contributed by atoms with Crippen LogP contribution < -0.4 is 5.32 Å². The lowest BCUT2D eigenvalue weighted by Crippen LogP contribution is -2.40. The van der Waals surface area contributed by atoms with Crippen molar-refractivity contribution < 1.29 is 14.5 Å². The van der Waals surface area contributed by atoms with E-state index in [1.807, 2.05) is 0 Å². The summed E-state index contributed by atoms with van der Waals surface area (Å²) in [6.07, 6.45) is 0. The van der Waals surface area contributed by atoms with Crippen LogP contribution in [0.4, 0.5) is 5.69 Å². The van der Waals surface area contributed by atoms with Crippen LogP contribution in [-0.2, 0) is 4.79 Å². The van der Waals surface area contributed by atoms with Crippen molar-refractivity contribution in [1.82, 2.24) is 10.2 Å². The first-order valence-corrected chi connectivity index (χ1v) is 6.78. The second-order valence-corrected chi connectivity index (χ2v) is 4.60. The summed E-state index contributed by atoms with van der Waals surface area (Å²) in [7, 11) is 0. The molecule has 1 rings (SSSR count). The molecular weight excluding hydrogens is 298 g/mol. The first kappa shape index (κ1) is 16.9. The smallest absolute Gasteiger partial charge is 0.287 e. The average molecular weight is 314 g/mol. The van der Waals surface area contributed by atoms with Gasteiger partial charge in [0.25, 0.3) is 11.6 Å². The molecule has 0 spiro atoms. The molecule has 1 aromatic carbocycles. The Hall–Kier alpha value is -2.15. The second kappa shape index (κ2) is 7.58. The van der Waals surface area contributed by atoms with Gasteiger partial charge in [0.1, 0.15) is 5.02 Å². The van der Waals surface area contributed by atoms with Crippen molar-refractivity contribution in [2.45, 2.75) is 13.8 Å². The highest BCUT2D eigenvalue weighted by Crippen LogP contribution is 2.25. The van der Waals surface area contributed by atoms with Crippen LogP contribution in [0.2, 0.25) is 5.02 Å². The summed E-state index contributed by atoms with van der Waals surface area (Å²) in [5.74, 6) is -0.666. The van der Waals surface area contributed by atoms with E-state index in [4.69, 9.17) is 11.6 Å². The molecule has 0 radical (unpaired) electrons. The van der Waals surface area contributed by atoms with Crippen LogP contribution in [0.5, 0.6) is 0 Å². The number of benzene rings is 1. The van der Waals surface area contributed by atoms with E-state index in [0.29, 0.717) is 13.1 Å². The molecule has 21 heavy (non-hydrogen) atoms. The Morgan fingerprint density at radius 3 is 2.52 bits per heavy atom. The van der Waals surface area contributed by atoms with Crippen molar-refractivity contribution in [3.05, 3.63) is 38.9 Å². The minimum absolute atomic E-state index is 0.0716. The Balaban J connectivity index is 2.92. The number of nitro benzene ring substituents is 1. The number of amides is 2. The van der Waals surface area contributed by atoms with Crippen LogP contribution in [0.15, 0.2) is 18.2 Å². The molecule has 1 aromatic rings. The van der Waals surface area contributed by atoms with E-state index in [9.17, 15) is 19.7 Å². The minimum atomic E-state index is -0.622. The van der Waals surface area contributed by atoms with Crippen molar-refractivity contribution in [3.8, 4) is 0 Å². The number of hydrogen-bond donors (Lipinski definition) is 1. The predicted molar refractivity (Wildman–Crippen MR) is 78.4 cm³/mol. The lowest BCUT2D eigenvalue weighted by atomic mass is 10.1. The van der Waals surface area contributed by atoms with Gasteiger partial charge in [-0.2, -0.15) is 0 Å². The molecule has 0 bridgehead atoms. The van der Waals surface area contributed by atoms with Gasteiger partial charge >= 0.3 is 0 Å². The van der Waals surface area contributed by atoms with E-state index < -0.39 is 10.8 Å². The van der Waals surface area contributed by atoms with E-state index >= 15 is 0 Å². The molecule has 0 heterocycles. The first-order valence-electron chi connectivity index (χ1n) is 6.40. The number of rotatable bonds is 6. The van der Waals surface area contributed by atoms with Crippen molar-refractivity contribution in [1.29, 1.82) is 0 Å². The highest BCUT2D eigenvalue weighted by Gasteiger charge is 2.20. The van der Waals surface area contributed by atoms with Gasteiger partial charge in [0, 0.05) is 24.7 Å². The third kappa shape index (κ3) is 4.42. The van der Waals surface area contributed by atoms with E-state index in [1.165, 1.54) is 23.1 Å². The molecule has 0 saturated carbocycles. The monoisotopic (exact) mass is 313 g/mol. The fourth-order valence-corrected chi connectivity index (χ4v) is 1.97. The Labute approximate surface area is 127 Å². The van der Waals surface area contributed by atoms with Gasteiger partial charge in [-0.05, 0) is 26.0 Å². The average Bonchev–Trinajstić information content (AvgIpc) is 2.43. The van der Waals surface area contributed by atoms with E-state index in [2.05, 4.69) is 5.32 Å². The van der Waals surface area contributed by atoms with E-state index in [1.54, 1.807) is 13.8 Å². The molecule has 7 nitrogen and oxygen atoms in total. The zero-order valence-corrected chi connectivity index (χ0v) is 12.5. The maximum Gasteiger partial charge on any atom is 0.287 e. The largest absolute Gasteiger partial charge is 0.355 e. The van der Waals surface area contributed by atoms with E-state index in [-0.39, 0.29) is 28.7 Å². The zero-order chi connectivity index (χ0) is 16.0. The summed E-state index contributed by atoms with van der Waals surface area (Å²) in [5.41, 5.74) is -0.0586. The normalized spacial score (nSPS) is 10.0. The van der Waals surface area contributed by atoms with Crippen molar-refractivity contribution in [3.63, 3.8) is 0 Å². The van der Waals surface area contributed by atoms with Gasteiger partial charge in [0.2, 0.25) is 5.91 Å². The summed E-state index contributed by atoms with van der Waals surface area (Å²) in [6.45, 7) is 4.27. The van der Waals surface area contributed by atoms with Crippen LogP contribution in [0.3, 0.4) is 0 Å². The van der Waals surface area contributed by atoms with Crippen LogP contribution in [-0.4, -0.2) is 41.3 Å². The number of halogens is 1. The highest BCUT2D eigenvalue weighted by molar-refractivity contribution is 6.33. The lowest BCUT2D eigenvalue weighted by molar-refractivity contribution is -0.384. The van der Waals surface area contributed by atoms with Crippen LogP contribution in [0, 0.1) is 10.1 Å². The molecule has 0 aliphatic heterocycles. The molecular formula is C13H16ClN3O4. The number of nitrogens with zero attached hydrogens (tertiary/aromatic N) is 2. The van der Waals surface area contributed by atoms with Gasteiger partial charge < -0.3 is 10.2 Å². The van der Waals surface area contributed by atoms with Crippen molar-refractivity contribution in [2.24, 2.45) is 0 Å². The summed E-state index contributed by atoms with van der Waals surface area (Å²) in [6, 6.07) is 3.74. The van der Waals surface area contributed by atoms with Gasteiger partial charge in [-0.1, -0.05) is 11.6 Å². The SMILES string of the molecule is CCNC(=O)CN(CC)C(=O)c1ccc([N+](=O)[O-])c(Cl)c1. The van der Waals surface area contributed by atoms with Crippen LogP contribution in [0.25, 0.3) is 0 Å². The lowest BCUT2D eigenvalue weighted by Gasteiger charge is -2.20. The fourth-order valence-electron chi connectivity index (χ4n) is 1.72. The second-order valence-electron chi connectivity index (χ2n) is 4.20. The Morgan fingerprint density at radius 2 is 2.05 bits per heavy atom. The zero-order valence-electron chi connectivity index (χ0n) is 11.8. The number of carbonyl (C=O) groups excluding carboxylic acids is 2. The van der Waals surface area contributed by atoms with Gasteiger partial charge in [-0.15, -0.1) is 0 Å². The third-order valence-electron chi connectivity index (χ3n) is 2.77. The minimum Gasteiger partial charge on any atom is -0.355 e. The number of likely N-dealkylation sites (N-methyl/N-ethyl adjacent to an activating group) is 2. The molecule has 2 amide bonds. The number of hydrogen-bond acceptors (Lipinski definition) is 4. The summed E-state index contributed by atoms with van der Waals surface area (Å²) in [4.78, 5) is 35.2. The first-order chi connectivity index (χ1) is 9.90. The Kier molecular flexibility index (Phi) is 6.10. The quantitative estimate of drug-likeness (QED) is 0.640. The van der Waals surface area contributed by atoms with Gasteiger partial charge in [-0.25, -0.2) is 0 Å². The highest BCUT2D eigenvalue weighted by atomic mass is 35.5. The molecule has 0 saturated heterocycles. The fraction of sp³-hybridized carbons (Fsp3) is 0.385. The maximum atomic E-state index is 12.3.